The zero-order valence-electron chi connectivity index (χ0n) is 12.3. The van der Waals surface area contributed by atoms with Crippen LogP contribution in [-0.2, 0) is 5.54 Å². The first-order valence-corrected chi connectivity index (χ1v) is 7.02. The van der Waals surface area contributed by atoms with Crippen molar-refractivity contribution in [1.29, 1.82) is 0 Å². The first kappa shape index (κ1) is 14.3. The van der Waals surface area contributed by atoms with E-state index in [1.54, 1.807) is 6.07 Å². The lowest BCUT2D eigenvalue weighted by atomic mass is 9.89. The molecule has 0 radical (unpaired) electrons. The molecule has 0 aliphatic carbocycles. The number of anilines is 2. The van der Waals surface area contributed by atoms with E-state index in [1.165, 1.54) is 0 Å². The van der Waals surface area contributed by atoms with Crippen molar-refractivity contribution in [2.24, 2.45) is 0 Å². The third-order valence-electron chi connectivity index (χ3n) is 4.21. The van der Waals surface area contributed by atoms with Crippen LogP contribution in [0.25, 0.3) is 11.4 Å². The third-order valence-corrected chi connectivity index (χ3v) is 4.21. The largest absolute Gasteiger partial charge is 0.399 e. The predicted molar refractivity (Wildman–Crippen MR) is 80.9 cm³/mol. The smallest absolute Gasteiger partial charge is 0.184 e. The highest BCUT2D eigenvalue weighted by Gasteiger charge is 2.31. The van der Waals surface area contributed by atoms with E-state index in [-0.39, 0.29) is 5.54 Å². The lowest BCUT2D eigenvalue weighted by Gasteiger charge is -2.31. The molecule has 1 aromatic heterocycles. The number of aromatic nitrogens is 4. The van der Waals surface area contributed by atoms with E-state index in [0.29, 0.717) is 17.2 Å². The molecule has 4 N–H and O–H groups in total. The van der Waals surface area contributed by atoms with Crippen LogP contribution in [0.4, 0.5) is 11.4 Å². The quantitative estimate of drug-likeness (QED) is 0.816. The predicted octanol–water partition coefficient (Wildman–Crippen LogP) is 2.43. The highest BCUT2D eigenvalue weighted by atomic mass is 15.6. The van der Waals surface area contributed by atoms with Crippen LogP contribution in [0.3, 0.4) is 0 Å². The Hall–Kier alpha value is -2.11. The van der Waals surface area contributed by atoms with Crippen LogP contribution in [0.5, 0.6) is 0 Å². The molecule has 0 atom stereocenters. The van der Waals surface area contributed by atoms with Crippen LogP contribution in [0.1, 0.15) is 40.0 Å². The molecule has 0 bridgehead atoms. The number of nitrogens with zero attached hydrogens (tertiary/aromatic N) is 4. The SMILES string of the molecule is CCC(CC)(CC)n1nnnc1-c1ccc(N)cc1N. The molecule has 108 valence electrons. The zero-order chi connectivity index (χ0) is 14.8. The van der Waals surface area contributed by atoms with Crippen LogP contribution < -0.4 is 11.5 Å². The van der Waals surface area contributed by atoms with Gasteiger partial charge < -0.3 is 11.5 Å². The van der Waals surface area contributed by atoms with Crippen LogP contribution in [0, 0.1) is 0 Å². The topological polar surface area (TPSA) is 95.6 Å². The average Bonchev–Trinajstić information content (AvgIpc) is 2.91. The maximum Gasteiger partial charge on any atom is 0.184 e. The van der Waals surface area contributed by atoms with Gasteiger partial charge in [-0.15, -0.1) is 5.10 Å². The van der Waals surface area contributed by atoms with E-state index in [2.05, 4.69) is 36.3 Å². The van der Waals surface area contributed by atoms with Gasteiger partial charge in [-0.2, -0.15) is 0 Å². The maximum absolute atomic E-state index is 6.06. The summed E-state index contributed by atoms with van der Waals surface area (Å²) in [6.07, 6.45) is 2.90. The van der Waals surface area contributed by atoms with Crippen LogP contribution in [0.15, 0.2) is 18.2 Å². The molecular formula is C14H22N6. The van der Waals surface area contributed by atoms with Crippen molar-refractivity contribution in [2.45, 2.75) is 45.6 Å². The first-order chi connectivity index (χ1) is 9.57. The highest BCUT2D eigenvalue weighted by molar-refractivity contribution is 5.74. The Kier molecular flexibility index (Phi) is 3.92. The number of nitrogens with two attached hydrogens (primary N) is 2. The second kappa shape index (κ2) is 5.48. The van der Waals surface area contributed by atoms with Gasteiger partial charge in [-0.1, -0.05) is 20.8 Å². The molecule has 2 aromatic rings. The summed E-state index contributed by atoms with van der Waals surface area (Å²) in [6, 6.07) is 5.43. The normalized spacial score (nSPS) is 11.8. The first-order valence-electron chi connectivity index (χ1n) is 7.02. The van der Waals surface area contributed by atoms with Gasteiger partial charge >= 0.3 is 0 Å². The Morgan fingerprint density at radius 2 is 1.75 bits per heavy atom. The van der Waals surface area contributed by atoms with Gasteiger partial charge in [0.2, 0.25) is 0 Å². The lowest BCUT2D eigenvalue weighted by Crippen LogP contribution is -2.33. The Balaban J connectivity index is 2.58. The molecule has 0 amide bonds. The summed E-state index contributed by atoms with van der Waals surface area (Å²) in [5.74, 6) is 0.702. The molecule has 1 aromatic carbocycles. The summed E-state index contributed by atoms with van der Waals surface area (Å²) in [5, 5.41) is 12.2. The summed E-state index contributed by atoms with van der Waals surface area (Å²) in [6.45, 7) is 6.47. The van der Waals surface area contributed by atoms with E-state index < -0.39 is 0 Å². The summed E-state index contributed by atoms with van der Waals surface area (Å²) >= 11 is 0. The van der Waals surface area contributed by atoms with E-state index in [9.17, 15) is 0 Å². The van der Waals surface area contributed by atoms with Crippen LogP contribution in [0.2, 0.25) is 0 Å². The summed E-state index contributed by atoms with van der Waals surface area (Å²) < 4.78 is 1.91. The fraction of sp³-hybridized carbons (Fsp3) is 0.500. The summed E-state index contributed by atoms with van der Waals surface area (Å²) in [5.41, 5.74) is 13.8. The summed E-state index contributed by atoms with van der Waals surface area (Å²) in [4.78, 5) is 0. The maximum atomic E-state index is 6.06. The number of tetrazole rings is 1. The second-order valence-corrected chi connectivity index (χ2v) is 5.05. The van der Waals surface area contributed by atoms with Gasteiger partial charge in [-0.05, 0) is 47.9 Å². The molecule has 0 fully saturated rings. The van der Waals surface area contributed by atoms with Crippen LogP contribution in [-0.4, -0.2) is 20.2 Å². The van der Waals surface area contributed by atoms with Gasteiger partial charge in [0.05, 0.1) is 5.54 Å². The molecule has 0 aliphatic rings. The van der Waals surface area contributed by atoms with Crippen molar-refractivity contribution in [1.82, 2.24) is 20.2 Å². The number of rotatable bonds is 5. The average molecular weight is 274 g/mol. The van der Waals surface area contributed by atoms with Crippen molar-refractivity contribution < 1.29 is 0 Å². The minimum absolute atomic E-state index is 0.0767. The fourth-order valence-electron chi connectivity index (χ4n) is 2.66. The van der Waals surface area contributed by atoms with Gasteiger partial charge in [-0.3, -0.25) is 0 Å². The van der Waals surface area contributed by atoms with E-state index in [0.717, 1.165) is 24.8 Å². The molecule has 0 spiro atoms. The van der Waals surface area contributed by atoms with Gasteiger partial charge in [0, 0.05) is 16.9 Å². The molecule has 0 saturated carbocycles. The van der Waals surface area contributed by atoms with Crippen LogP contribution >= 0.6 is 0 Å². The van der Waals surface area contributed by atoms with Crippen molar-refractivity contribution in [2.75, 3.05) is 11.5 Å². The fourth-order valence-corrected chi connectivity index (χ4v) is 2.66. The van der Waals surface area contributed by atoms with Crippen molar-refractivity contribution >= 4 is 11.4 Å². The van der Waals surface area contributed by atoms with Crippen molar-refractivity contribution in [3.05, 3.63) is 18.2 Å². The third kappa shape index (κ3) is 2.21. The molecule has 20 heavy (non-hydrogen) atoms. The van der Waals surface area contributed by atoms with Gasteiger partial charge in [0.25, 0.3) is 0 Å². The number of hydrogen-bond acceptors (Lipinski definition) is 5. The molecule has 0 unspecified atom stereocenters. The molecule has 0 aliphatic heterocycles. The van der Waals surface area contributed by atoms with E-state index >= 15 is 0 Å². The Labute approximate surface area is 119 Å². The number of benzene rings is 1. The zero-order valence-corrected chi connectivity index (χ0v) is 12.3. The molecule has 6 nitrogen and oxygen atoms in total. The number of nitrogen functional groups attached to an aromatic ring is 2. The molecule has 1 heterocycles. The Morgan fingerprint density at radius 1 is 1.10 bits per heavy atom. The highest BCUT2D eigenvalue weighted by Crippen LogP contribution is 2.34. The van der Waals surface area contributed by atoms with E-state index in [4.69, 9.17) is 11.5 Å². The molecule has 6 heteroatoms. The van der Waals surface area contributed by atoms with E-state index in [1.807, 2.05) is 16.8 Å². The molecule has 0 saturated heterocycles. The second-order valence-electron chi connectivity index (χ2n) is 5.05. The van der Waals surface area contributed by atoms with Gasteiger partial charge in [0.15, 0.2) is 5.82 Å². The minimum atomic E-state index is -0.0767. The van der Waals surface area contributed by atoms with Gasteiger partial charge in [-0.25, -0.2) is 4.68 Å². The Morgan fingerprint density at radius 3 is 2.30 bits per heavy atom. The Bertz CT molecular complexity index is 577. The van der Waals surface area contributed by atoms with Gasteiger partial charge in [0.1, 0.15) is 0 Å². The monoisotopic (exact) mass is 274 g/mol. The molecular weight excluding hydrogens is 252 g/mol. The van der Waals surface area contributed by atoms with Crippen molar-refractivity contribution in [3.8, 4) is 11.4 Å². The standard InChI is InChI=1S/C14H22N6/c1-4-14(5-2,6-3)20-13(17-18-19-20)11-8-7-10(15)9-12(11)16/h7-9H,4-6,15-16H2,1-3H3. The lowest BCUT2D eigenvalue weighted by molar-refractivity contribution is 0.223. The molecule has 2 rings (SSSR count). The minimum Gasteiger partial charge on any atom is -0.399 e. The number of hydrogen-bond donors (Lipinski definition) is 2. The van der Waals surface area contributed by atoms with Crippen molar-refractivity contribution in [3.63, 3.8) is 0 Å². The summed E-state index contributed by atoms with van der Waals surface area (Å²) in [7, 11) is 0.